The van der Waals surface area contributed by atoms with Crippen molar-refractivity contribution in [1.29, 1.82) is 0 Å². The van der Waals surface area contributed by atoms with Gasteiger partial charge in [-0.3, -0.25) is 0 Å². The van der Waals surface area contributed by atoms with Gasteiger partial charge in [-0.25, -0.2) is 0 Å². The summed E-state index contributed by atoms with van der Waals surface area (Å²) in [5.74, 6) is 0.367. The molecule has 2 atom stereocenters. The van der Waals surface area contributed by atoms with Crippen molar-refractivity contribution in [1.82, 2.24) is 0 Å². The van der Waals surface area contributed by atoms with E-state index in [-0.39, 0.29) is 12.8 Å². The van der Waals surface area contributed by atoms with Crippen LogP contribution in [0.1, 0.15) is 59.3 Å². The van der Waals surface area contributed by atoms with E-state index in [1.54, 1.807) is 6.92 Å². The predicted molar refractivity (Wildman–Crippen MR) is 59.2 cm³/mol. The molecule has 0 rings (SSSR count). The van der Waals surface area contributed by atoms with E-state index in [4.69, 9.17) is 0 Å². The Morgan fingerprint density at radius 1 is 1.19 bits per heavy atom. The van der Waals surface area contributed by atoms with E-state index in [0.717, 1.165) is 12.8 Å². The summed E-state index contributed by atoms with van der Waals surface area (Å²) in [6.45, 7) is 5.73. The van der Waals surface area contributed by atoms with Crippen molar-refractivity contribution < 1.29 is 18.3 Å². The molecule has 0 aliphatic rings. The van der Waals surface area contributed by atoms with E-state index >= 15 is 0 Å². The lowest BCUT2D eigenvalue weighted by atomic mass is 9.87. The van der Waals surface area contributed by atoms with Crippen LogP contribution in [0.2, 0.25) is 0 Å². The highest BCUT2D eigenvalue weighted by molar-refractivity contribution is 4.75. The summed E-state index contributed by atoms with van der Waals surface area (Å²) in [5, 5.41) is 9.94. The molecule has 0 bridgehead atoms. The van der Waals surface area contributed by atoms with Gasteiger partial charge in [-0.15, -0.1) is 0 Å². The number of rotatable bonds is 7. The molecule has 98 valence electrons. The van der Waals surface area contributed by atoms with Crippen molar-refractivity contribution in [2.75, 3.05) is 0 Å². The fraction of sp³-hybridized carbons (Fsp3) is 1.00. The Labute approximate surface area is 96.0 Å². The minimum atomic E-state index is -4.11. The molecular weight excluding hydrogens is 217 g/mol. The Morgan fingerprint density at radius 2 is 1.75 bits per heavy atom. The second kappa shape index (κ2) is 6.48. The molecule has 0 spiro atoms. The van der Waals surface area contributed by atoms with Crippen LogP contribution in [0, 0.1) is 5.92 Å². The molecule has 1 nitrogen and oxygen atoms in total. The van der Waals surface area contributed by atoms with Crippen molar-refractivity contribution in [2.24, 2.45) is 5.92 Å². The Bertz CT molecular complexity index is 187. The smallest absolute Gasteiger partial charge is 0.389 e. The Balaban J connectivity index is 3.86. The van der Waals surface area contributed by atoms with Gasteiger partial charge in [-0.2, -0.15) is 13.2 Å². The summed E-state index contributed by atoms with van der Waals surface area (Å²) in [6, 6.07) is 0. The van der Waals surface area contributed by atoms with Crippen LogP contribution in [-0.2, 0) is 0 Å². The second-order valence-electron chi connectivity index (χ2n) is 5.06. The molecular formula is C12H23F3O. The summed E-state index contributed by atoms with van der Waals surface area (Å²) in [4.78, 5) is 0. The molecule has 0 aromatic rings. The zero-order valence-electron chi connectivity index (χ0n) is 10.4. The maximum atomic E-state index is 11.9. The largest absolute Gasteiger partial charge is 0.390 e. The van der Waals surface area contributed by atoms with E-state index in [9.17, 15) is 18.3 Å². The summed E-state index contributed by atoms with van der Waals surface area (Å²) >= 11 is 0. The van der Waals surface area contributed by atoms with E-state index in [1.165, 1.54) is 0 Å². The van der Waals surface area contributed by atoms with Crippen molar-refractivity contribution in [3.63, 3.8) is 0 Å². The molecule has 1 N–H and O–H groups in total. The molecule has 0 aromatic heterocycles. The quantitative estimate of drug-likeness (QED) is 0.703. The van der Waals surface area contributed by atoms with Crippen molar-refractivity contribution in [3.05, 3.63) is 0 Å². The maximum absolute atomic E-state index is 11.9. The van der Waals surface area contributed by atoms with E-state index in [0.29, 0.717) is 12.3 Å². The van der Waals surface area contributed by atoms with Crippen LogP contribution in [0.4, 0.5) is 13.2 Å². The van der Waals surface area contributed by atoms with Gasteiger partial charge in [0, 0.05) is 6.42 Å². The summed E-state index contributed by atoms with van der Waals surface area (Å²) in [6.07, 6.45) is -2.04. The highest BCUT2D eigenvalue weighted by Gasteiger charge is 2.29. The zero-order chi connectivity index (χ0) is 12.8. The normalized spacial score (nSPS) is 18.2. The van der Waals surface area contributed by atoms with Gasteiger partial charge in [-0.1, -0.05) is 26.7 Å². The first-order chi connectivity index (χ1) is 7.16. The zero-order valence-corrected chi connectivity index (χ0v) is 10.4. The van der Waals surface area contributed by atoms with Crippen LogP contribution in [0.3, 0.4) is 0 Å². The summed E-state index contributed by atoms with van der Waals surface area (Å²) < 4.78 is 35.8. The van der Waals surface area contributed by atoms with Crippen LogP contribution in [0.5, 0.6) is 0 Å². The second-order valence-corrected chi connectivity index (χ2v) is 5.06. The van der Waals surface area contributed by atoms with Crippen LogP contribution < -0.4 is 0 Å². The third-order valence-electron chi connectivity index (χ3n) is 2.75. The first-order valence-corrected chi connectivity index (χ1v) is 5.95. The topological polar surface area (TPSA) is 20.2 Å². The molecule has 0 aromatic carbocycles. The van der Waals surface area contributed by atoms with Gasteiger partial charge in [0.2, 0.25) is 0 Å². The SMILES string of the molecule is CCCC(C)CC(C)(O)CCCC(F)(F)F. The van der Waals surface area contributed by atoms with Gasteiger partial charge in [0.15, 0.2) is 0 Å². The van der Waals surface area contributed by atoms with Gasteiger partial charge in [0.05, 0.1) is 5.60 Å². The minimum Gasteiger partial charge on any atom is -0.390 e. The molecule has 0 amide bonds. The van der Waals surface area contributed by atoms with E-state index in [1.807, 2.05) is 6.92 Å². The van der Waals surface area contributed by atoms with Gasteiger partial charge in [-0.05, 0) is 32.1 Å². The highest BCUT2D eigenvalue weighted by Crippen LogP contribution is 2.28. The average Bonchev–Trinajstić information content (AvgIpc) is 1.99. The lowest BCUT2D eigenvalue weighted by Gasteiger charge is -2.26. The Hall–Kier alpha value is -0.250. The Kier molecular flexibility index (Phi) is 6.38. The van der Waals surface area contributed by atoms with Crippen LogP contribution in [0.25, 0.3) is 0 Å². The monoisotopic (exact) mass is 240 g/mol. The molecule has 16 heavy (non-hydrogen) atoms. The fourth-order valence-corrected chi connectivity index (χ4v) is 2.12. The van der Waals surface area contributed by atoms with Crippen molar-refractivity contribution in [2.45, 2.75) is 71.1 Å². The van der Waals surface area contributed by atoms with Gasteiger partial charge in [0.25, 0.3) is 0 Å². The molecule has 0 saturated heterocycles. The highest BCUT2D eigenvalue weighted by atomic mass is 19.4. The first kappa shape index (κ1) is 15.8. The molecule has 4 heteroatoms. The van der Waals surface area contributed by atoms with Crippen LogP contribution >= 0.6 is 0 Å². The molecule has 0 saturated carbocycles. The average molecular weight is 240 g/mol. The van der Waals surface area contributed by atoms with Crippen LogP contribution in [-0.4, -0.2) is 16.9 Å². The number of alkyl halides is 3. The lowest BCUT2D eigenvalue weighted by molar-refractivity contribution is -0.137. The summed E-state index contributed by atoms with van der Waals surface area (Å²) in [7, 11) is 0. The molecule has 0 aliphatic heterocycles. The van der Waals surface area contributed by atoms with Gasteiger partial charge < -0.3 is 5.11 Å². The minimum absolute atomic E-state index is 0.00927. The number of hydrogen-bond acceptors (Lipinski definition) is 1. The third kappa shape index (κ3) is 9.01. The molecule has 0 aliphatic carbocycles. The first-order valence-electron chi connectivity index (χ1n) is 5.95. The maximum Gasteiger partial charge on any atom is 0.389 e. The predicted octanol–water partition coefficient (Wildman–Crippen LogP) is 4.30. The summed E-state index contributed by atoms with van der Waals surface area (Å²) in [5.41, 5.74) is -0.958. The van der Waals surface area contributed by atoms with Crippen molar-refractivity contribution in [3.8, 4) is 0 Å². The van der Waals surface area contributed by atoms with Gasteiger partial charge in [0.1, 0.15) is 0 Å². The van der Waals surface area contributed by atoms with Gasteiger partial charge >= 0.3 is 6.18 Å². The van der Waals surface area contributed by atoms with Crippen molar-refractivity contribution >= 4 is 0 Å². The fourth-order valence-electron chi connectivity index (χ4n) is 2.12. The van der Waals surface area contributed by atoms with Crippen LogP contribution in [0.15, 0.2) is 0 Å². The Morgan fingerprint density at radius 3 is 2.19 bits per heavy atom. The molecule has 0 fully saturated rings. The number of halogens is 3. The third-order valence-corrected chi connectivity index (χ3v) is 2.75. The van der Waals surface area contributed by atoms with E-state index in [2.05, 4.69) is 6.92 Å². The van der Waals surface area contributed by atoms with E-state index < -0.39 is 18.2 Å². The standard InChI is InChI=1S/C12H23F3O/c1-4-6-10(2)9-11(3,16)7-5-8-12(13,14)15/h10,16H,4-9H2,1-3H3. The lowest BCUT2D eigenvalue weighted by Crippen LogP contribution is -2.27. The molecule has 0 radical (unpaired) electrons. The number of hydrogen-bond donors (Lipinski definition) is 1. The molecule has 0 heterocycles. The number of aliphatic hydroxyl groups is 1. The molecule has 2 unspecified atom stereocenters.